The van der Waals surface area contributed by atoms with Crippen molar-refractivity contribution in [3.63, 3.8) is 0 Å². The van der Waals surface area contributed by atoms with E-state index in [1.54, 1.807) is 18.7 Å². The molecule has 0 atom stereocenters. The number of hydrogen-bond donors (Lipinski definition) is 1. The molecular weight excluding hydrogens is 350 g/mol. The fourth-order valence-electron chi connectivity index (χ4n) is 3.60. The molecule has 1 aliphatic heterocycles. The molecule has 1 aliphatic rings. The number of carbonyl (C=O) groups is 1. The van der Waals surface area contributed by atoms with Crippen molar-refractivity contribution in [3.05, 3.63) is 78.0 Å². The largest absolute Gasteiger partial charge is 0.349 e. The summed E-state index contributed by atoms with van der Waals surface area (Å²) >= 11 is 0. The second-order valence-corrected chi connectivity index (χ2v) is 7.33. The number of piperidine rings is 1. The zero-order valence-corrected chi connectivity index (χ0v) is 16.1. The topological polar surface area (TPSA) is 63.1 Å². The molecule has 1 saturated heterocycles. The van der Waals surface area contributed by atoms with Crippen LogP contribution in [0.1, 0.15) is 34.3 Å². The normalized spacial score (nSPS) is 15.5. The summed E-state index contributed by atoms with van der Waals surface area (Å²) in [6, 6.07) is 12.4. The van der Waals surface area contributed by atoms with E-state index < -0.39 is 0 Å². The van der Waals surface area contributed by atoms with E-state index in [1.807, 2.05) is 22.9 Å². The Morgan fingerprint density at radius 1 is 1.18 bits per heavy atom. The first-order valence-corrected chi connectivity index (χ1v) is 9.71. The number of imidazole rings is 1. The monoisotopic (exact) mass is 375 g/mol. The minimum atomic E-state index is -0.0537. The summed E-state index contributed by atoms with van der Waals surface area (Å²) in [6.07, 6.45) is 8.78. The number of amides is 1. The molecule has 2 aromatic heterocycles. The van der Waals surface area contributed by atoms with Crippen LogP contribution in [0, 0.1) is 6.92 Å². The molecule has 1 amide bonds. The van der Waals surface area contributed by atoms with E-state index in [-0.39, 0.29) is 11.9 Å². The molecule has 28 heavy (non-hydrogen) atoms. The van der Waals surface area contributed by atoms with Crippen LogP contribution in [0.15, 0.2) is 61.3 Å². The van der Waals surface area contributed by atoms with Crippen molar-refractivity contribution in [3.8, 4) is 5.82 Å². The number of nitrogens with one attached hydrogen (secondary N) is 1. The second-order valence-electron chi connectivity index (χ2n) is 7.33. The highest BCUT2D eigenvalue weighted by molar-refractivity contribution is 5.94. The molecule has 3 heterocycles. The Hall–Kier alpha value is -2.99. The van der Waals surface area contributed by atoms with Crippen LogP contribution in [-0.2, 0) is 6.54 Å². The van der Waals surface area contributed by atoms with Crippen molar-refractivity contribution in [2.24, 2.45) is 0 Å². The van der Waals surface area contributed by atoms with Crippen molar-refractivity contribution in [2.75, 3.05) is 13.1 Å². The van der Waals surface area contributed by atoms with E-state index in [0.717, 1.165) is 38.3 Å². The molecule has 1 aromatic carbocycles. The summed E-state index contributed by atoms with van der Waals surface area (Å²) in [5.41, 5.74) is 3.31. The molecule has 0 saturated carbocycles. The number of hydrogen-bond acceptors (Lipinski definition) is 4. The summed E-state index contributed by atoms with van der Waals surface area (Å²) in [6.45, 7) is 5.13. The quantitative estimate of drug-likeness (QED) is 0.745. The van der Waals surface area contributed by atoms with Gasteiger partial charge in [-0.15, -0.1) is 0 Å². The fourth-order valence-corrected chi connectivity index (χ4v) is 3.60. The Morgan fingerprint density at radius 3 is 2.68 bits per heavy atom. The van der Waals surface area contributed by atoms with Crippen molar-refractivity contribution in [1.82, 2.24) is 24.8 Å². The number of nitrogens with zero attached hydrogens (tertiary/aromatic N) is 4. The summed E-state index contributed by atoms with van der Waals surface area (Å²) < 4.78 is 1.81. The second kappa shape index (κ2) is 8.35. The summed E-state index contributed by atoms with van der Waals surface area (Å²) in [5, 5.41) is 3.16. The molecule has 6 heteroatoms. The minimum absolute atomic E-state index is 0.0537. The lowest BCUT2D eigenvalue weighted by atomic mass is 10.0. The Morgan fingerprint density at radius 2 is 2.00 bits per heavy atom. The number of benzene rings is 1. The van der Waals surface area contributed by atoms with Crippen LogP contribution < -0.4 is 5.32 Å². The van der Waals surface area contributed by atoms with Crippen LogP contribution in [-0.4, -0.2) is 44.5 Å². The van der Waals surface area contributed by atoms with E-state index in [2.05, 4.69) is 51.4 Å². The molecule has 0 unspecified atom stereocenters. The summed E-state index contributed by atoms with van der Waals surface area (Å²) in [7, 11) is 0. The van der Waals surface area contributed by atoms with Crippen LogP contribution in [0.4, 0.5) is 0 Å². The Bertz CT molecular complexity index is 912. The zero-order chi connectivity index (χ0) is 19.3. The summed E-state index contributed by atoms with van der Waals surface area (Å²) in [4.78, 5) is 23.4. The predicted molar refractivity (Wildman–Crippen MR) is 108 cm³/mol. The SMILES string of the molecule is Cc1ccccc1CN1CCC(NC(=O)c2ccc(-n3ccnc3)nc2)CC1. The van der Waals surface area contributed by atoms with Gasteiger partial charge in [0.25, 0.3) is 5.91 Å². The lowest BCUT2D eigenvalue weighted by molar-refractivity contribution is 0.0908. The third kappa shape index (κ3) is 4.28. The highest BCUT2D eigenvalue weighted by Crippen LogP contribution is 2.16. The molecule has 0 aliphatic carbocycles. The van der Waals surface area contributed by atoms with E-state index >= 15 is 0 Å². The van der Waals surface area contributed by atoms with Gasteiger partial charge in [0, 0.05) is 44.3 Å². The number of aromatic nitrogens is 3. The van der Waals surface area contributed by atoms with Crippen molar-refractivity contribution in [1.29, 1.82) is 0 Å². The Kier molecular flexibility index (Phi) is 5.48. The first kappa shape index (κ1) is 18.4. The van der Waals surface area contributed by atoms with Crippen LogP contribution >= 0.6 is 0 Å². The average molecular weight is 375 g/mol. The van der Waals surface area contributed by atoms with Gasteiger partial charge in [-0.25, -0.2) is 9.97 Å². The molecule has 6 nitrogen and oxygen atoms in total. The maximum atomic E-state index is 12.5. The molecule has 0 spiro atoms. The molecule has 0 radical (unpaired) electrons. The lowest BCUT2D eigenvalue weighted by Gasteiger charge is -2.32. The van der Waals surface area contributed by atoms with Crippen molar-refractivity contribution >= 4 is 5.91 Å². The highest BCUT2D eigenvalue weighted by Gasteiger charge is 2.21. The predicted octanol–water partition coefficient (Wildman–Crippen LogP) is 2.97. The molecule has 3 aromatic rings. The van der Waals surface area contributed by atoms with Gasteiger partial charge in [-0.05, 0) is 43.0 Å². The molecule has 1 fully saturated rings. The smallest absolute Gasteiger partial charge is 0.253 e. The first-order valence-electron chi connectivity index (χ1n) is 9.71. The van der Waals surface area contributed by atoms with Gasteiger partial charge in [-0.1, -0.05) is 24.3 Å². The number of pyridine rings is 1. The van der Waals surface area contributed by atoms with E-state index in [0.29, 0.717) is 5.56 Å². The molecule has 1 N–H and O–H groups in total. The number of likely N-dealkylation sites (tertiary alicyclic amines) is 1. The van der Waals surface area contributed by atoms with Gasteiger partial charge in [0.2, 0.25) is 0 Å². The van der Waals surface area contributed by atoms with Crippen LogP contribution in [0.5, 0.6) is 0 Å². The maximum Gasteiger partial charge on any atom is 0.253 e. The van der Waals surface area contributed by atoms with Crippen molar-refractivity contribution < 1.29 is 4.79 Å². The Labute approximate surface area is 165 Å². The van der Waals surface area contributed by atoms with Gasteiger partial charge in [0.1, 0.15) is 12.1 Å². The molecular formula is C22H25N5O. The van der Waals surface area contributed by atoms with Gasteiger partial charge >= 0.3 is 0 Å². The average Bonchev–Trinajstić information content (AvgIpc) is 3.26. The summed E-state index contributed by atoms with van der Waals surface area (Å²) in [5.74, 6) is 0.695. The van der Waals surface area contributed by atoms with Crippen LogP contribution in [0.2, 0.25) is 0 Å². The first-order chi connectivity index (χ1) is 13.7. The van der Waals surface area contributed by atoms with E-state index in [1.165, 1.54) is 11.1 Å². The highest BCUT2D eigenvalue weighted by atomic mass is 16.1. The van der Waals surface area contributed by atoms with Crippen LogP contribution in [0.3, 0.4) is 0 Å². The van der Waals surface area contributed by atoms with E-state index in [9.17, 15) is 4.79 Å². The standard InChI is InChI=1S/C22H25N5O/c1-17-4-2-3-5-19(17)15-26-11-8-20(9-12-26)25-22(28)18-6-7-21(24-14-18)27-13-10-23-16-27/h2-7,10,13-14,16,20H,8-9,11-12,15H2,1H3,(H,25,28). The lowest BCUT2D eigenvalue weighted by Crippen LogP contribution is -2.44. The third-order valence-corrected chi connectivity index (χ3v) is 5.36. The minimum Gasteiger partial charge on any atom is -0.349 e. The van der Waals surface area contributed by atoms with E-state index in [4.69, 9.17) is 0 Å². The number of aryl methyl sites for hydroxylation is 1. The van der Waals surface area contributed by atoms with Crippen LogP contribution in [0.25, 0.3) is 5.82 Å². The van der Waals surface area contributed by atoms with Gasteiger partial charge < -0.3 is 5.32 Å². The van der Waals surface area contributed by atoms with Gasteiger partial charge in [0.15, 0.2) is 0 Å². The fraction of sp³-hybridized carbons (Fsp3) is 0.318. The van der Waals surface area contributed by atoms with Gasteiger partial charge in [-0.3, -0.25) is 14.3 Å². The van der Waals surface area contributed by atoms with Crippen molar-refractivity contribution in [2.45, 2.75) is 32.4 Å². The Balaban J connectivity index is 1.28. The molecule has 4 rings (SSSR count). The van der Waals surface area contributed by atoms with Gasteiger partial charge in [0.05, 0.1) is 5.56 Å². The number of rotatable bonds is 5. The maximum absolute atomic E-state index is 12.5. The zero-order valence-electron chi connectivity index (χ0n) is 16.1. The molecule has 0 bridgehead atoms. The third-order valence-electron chi connectivity index (χ3n) is 5.36. The number of carbonyl (C=O) groups excluding carboxylic acids is 1. The molecule has 144 valence electrons. The van der Waals surface area contributed by atoms with Gasteiger partial charge in [-0.2, -0.15) is 0 Å².